The number of aromatic nitrogens is 1. The number of sulfonamides is 1. The van der Waals surface area contributed by atoms with E-state index in [0.29, 0.717) is 16.3 Å². The first-order chi connectivity index (χ1) is 8.90. The first-order valence-electron chi connectivity index (χ1n) is 5.29. The number of aryl methyl sites for hydroxylation is 1. The monoisotopic (exact) mass is 300 g/mol. The summed E-state index contributed by atoms with van der Waals surface area (Å²) in [6.07, 6.45) is 1.21. The number of anilines is 1. The van der Waals surface area contributed by atoms with Crippen LogP contribution in [0.3, 0.4) is 0 Å². The normalized spacial score (nSPS) is 11.3. The summed E-state index contributed by atoms with van der Waals surface area (Å²) in [6.45, 7) is 1.69. The molecule has 0 radical (unpaired) electrons. The van der Waals surface area contributed by atoms with E-state index in [2.05, 4.69) is 9.71 Å². The molecule has 0 unspecified atom stereocenters. The molecule has 1 N–H and O–H groups in total. The average molecular weight is 301 g/mol. The lowest BCUT2D eigenvalue weighted by Gasteiger charge is -2.10. The fourth-order valence-corrected chi connectivity index (χ4v) is 2.87. The van der Waals surface area contributed by atoms with Gasteiger partial charge in [0.25, 0.3) is 10.0 Å². The fraction of sp³-hybridized carbons (Fsp3) is 0.0833. The molecule has 100 valence electrons. The van der Waals surface area contributed by atoms with Crippen LogP contribution in [-0.4, -0.2) is 13.4 Å². The van der Waals surface area contributed by atoms with Crippen molar-refractivity contribution < 1.29 is 12.8 Å². The van der Waals surface area contributed by atoms with E-state index in [1.165, 1.54) is 18.3 Å². The van der Waals surface area contributed by atoms with Gasteiger partial charge in [0.2, 0.25) is 5.03 Å². The zero-order chi connectivity index (χ0) is 14.0. The van der Waals surface area contributed by atoms with Crippen molar-refractivity contribution in [2.45, 2.75) is 11.9 Å². The first-order valence-corrected chi connectivity index (χ1v) is 7.16. The molecule has 0 saturated heterocycles. The molecule has 0 aliphatic rings. The summed E-state index contributed by atoms with van der Waals surface area (Å²) >= 11 is 5.78. The Kier molecular flexibility index (Phi) is 3.73. The maximum Gasteiger partial charge on any atom is 0.282 e. The Balaban J connectivity index is 2.40. The highest BCUT2D eigenvalue weighted by Gasteiger charge is 2.21. The number of rotatable bonds is 3. The van der Waals surface area contributed by atoms with Crippen molar-refractivity contribution in [3.63, 3.8) is 0 Å². The van der Waals surface area contributed by atoms with Crippen molar-refractivity contribution in [2.75, 3.05) is 4.72 Å². The zero-order valence-corrected chi connectivity index (χ0v) is 11.5. The molecule has 0 amide bonds. The smallest absolute Gasteiger partial charge is 0.278 e. The Morgan fingerprint density at radius 1 is 1.32 bits per heavy atom. The van der Waals surface area contributed by atoms with Gasteiger partial charge in [0, 0.05) is 11.2 Å². The second kappa shape index (κ2) is 5.14. The van der Waals surface area contributed by atoms with Crippen LogP contribution in [0.1, 0.15) is 5.56 Å². The third-order valence-corrected chi connectivity index (χ3v) is 3.95. The van der Waals surface area contributed by atoms with E-state index in [4.69, 9.17) is 11.6 Å². The Morgan fingerprint density at radius 2 is 2.05 bits per heavy atom. The second-order valence-corrected chi connectivity index (χ2v) is 5.89. The van der Waals surface area contributed by atoms with Crippen LogP contribution in [0, 0.1) is 12.7 Å². The molecular formula is C12H10ClFN2O2S. The molecular weight excluding hydrogens is 291 g/mol. The van der Waals surface area contributed by atoms with Crippen molar-refractivity contribution >= 4 is 27.3 Å². The largest absolute Gasteiger partial charge is 0.282 e. The number of hydrogen-bond donors (Lipinski definition) is 1. The van der Waals surface area contributed by atoms with E-state index in [0.717, 1.165) is 6.07 Å². The minimum Gasteiger partial charge on any atom is -0.278 e. The first kappa shape index (κ1) is 13.8. The van der Waals surface area contributed by atoms with Gasteiger partial charge >= 0.3 is 0 Å². The Labute approximate surface area is 115 Å². The average Bonchev–Trinajstić information content (AvgIpc) is 2.33. The summed E-state index contributed by atoms with van der Waals surface area (Å²) in [7, 11) is -4.06. The van der Waals surface area contributed by atoms with Gasteiger partial charge in [0.1, 0.15) is 0 Å². The lowest BCUT2D eigenvalue weighted by Crippen LogP contribution is -2.16. The van der Waals surface area contributed by atoms with Gasteiger partial charge in [-0.2, -0.15) is 8.42 Å². The molecule has 1 heterocycles. The van der Waals surface area contributed by atoms with Gasteiger partial charge in [-0.1, -0.05) is 11.6 Å². The summed E-state index contributed by atoms with van der Waals surface area (Å²) in [5.41, 5.74) is 0.960. The van der Waals surface area contributed by atoms with E-state index in [1.54, 1.807) is 19.1 Å². The maximum absolute atomic E-state index is 13.4. The van der Waals surface area contributed by atoms with Crippen molar-refractivity contribution in [1.82, 2.24) is 4.98 Å². The van der Waals surface area contributed by atoms with Crippen LogP contribution in [0.5, 0.6) is 0 Å². The third kappa shape index (κ3) is 3.02. The van der Waals surface area contributed by atoms with Crippen LogP contribution in [0.25, 0.3) is 0 Å². The lowest BCUT2D eigenvalue weighted by molar-refractivity contribution is 0.557. The summed E-state index contributed by atoms with van der Waals surface area (Å²) in [5, 5.41) is -0.145. The van der Waals surface area contributed by atoms with Crippen LogP contribution in [-0.2, 0) is 10.0 Å². The topological polar surface area (TPSA) is 59.1 Å². The number of nitrogens with one attached hydrogen (secondary N) is 1. The second-order valence-electron chi connectivity index (χ2n) is 3.86. The van der Waals surface area contributed by atoms with Gasteiger partial charge in [-0.15, -0.1) is 0 Å². The zero-order valence-electron chi connectivity index (χ0n) is 9.89. The Bertz CT molecular complexity index is 719. The Morgan fingerprint density at radius 3 is 2.68 bits per heavy atom. The molecule has 0 bridgehead atoms. The number of halogens is 2. The standard InChI is InChI=1S/C12H10ClFN2O2S/c1-8-7-9(13)4-5-11(8)16-19(17,18)12-10(14)3-2-6-15-12/h2-7,16H,1H3. The van der Waals surface area contributed by atoms with Crippen molar-refractivity contribution in [3.8, 4) is 0 Å². The molecule has 1 aromatic carbocycles. The molecule has 7 heteroatoms. The van der Waals surface area contributed by atoms with Crippen LogP contribution in [0.4, 0.5) is 10.1 Å². The molecule has 0 aliphatic carbocycles. The SMILES string of the molecule is Cc1cc(Cl)ccc1NS(=O)(=O)c1ncccc1F. The van der Waals surface area contributed by atoms with Crippen LogP contribution in [0.15, 0.2) is 41.6 Å². The summed E-state index contributed by atoms with van der Waals surface area (Å²) in [6, 6.07) is 7.02. The third-order valence-electron chi connectivity index (χ3n) is 2.41. The fourth-order valence-electron chi connectivity index (χ4n) is 1.50. The van der Waals surface area contributed by atoms with Gasteiger partial charge in [0.15, 0.2) is 5.82 Å². The number of benzene rings is 1. The molecule has 2 aromatic rings. The Hall–Kier alpha value is -1.66. The van der Waals surface area contributed by atoms with Crippen LogP contribution in [0.2, 0.25) is 5.02 Å². The van der Waals surface area contributed by atoms with E-state index < -0.39 is 20.9 Å². The van der Waals surface area contributed by atoms with Crippen molar-refractivity contribution in [3.05, 3.63) is 52.9 Å². The highest BCUT2D eigenvalue weighted by molar-refractivity contribution is 7.92. The molecule has 19 heavy (non-hydrogen) atoms. The molecule has 0 saturated carbocycles. The van der Waals surface area contributed by atoms with E-state index in [1.807, 2.05) is 0 Å². The van der Waals surface area contributed by atoms with Gasteiger partial charge in [-0.3, -0.25) is 4.72 Å². The number of pyridine rings is 1. The maximum atomic E-state index is 13.4. The molecule has 0 spiro atoms. The quantitative estimate of drug-likeness (QED) is 0.948. The van der Waals surface area contributed by atoms with Crippen LogP contribution < -0.4 is 4.72 Å². The molecule has 1 aromatic heterocycles. The van der Waals surface area contributed by atoms with Crippen LogP contribution >= 0.6 is 11.6 Å². The van der Waals surface area contributed by atoms with Gasteiger partial charge in [-0.05, 0) is 42.8 Å². The molecule has 2 rings (SSSR count). The van der Waals surface area contributed by atoms with E-state index >= 15 is 0 Å². The number of hydrogen-bond acceptors (Lipinski definition) is 3. The summed E-state index contributed by atoms with van der Waals surface area (Å²) in [4.78, 5) is 3.54. The highest BCUT2D eigenvalue weighted by Crippen LogP contribution is 2.22. The minimum atomic E-state index is -4.06. The van der Waals surface area contributed by atoms with Gasteiger partial charge in [-0.25, -0.2) is 9.37 Å². The number of nitrogens with zero attached hydrogens (tertiary/aromatic N) is 1. The van der Waals surface area contributed by atoms with Gasteiger partial charge < -0.3 is 0 Å². The predicted octanol–water partition coefficient (Wildman–Crippen LogP) is 2.98. The molecule has 0 aliphatic heterocycles. The predicted molar refractivity (Wildman–Crippen MR) is 71.2 cm³/mol. The highest BCUT2D eigenvalue weighted by atomic mass is 35.5. The lowest BCUT2D eigenvalue weighted by atomic mass is 10.2. The summed E-state index contributed by atoms with van der Waals surface area (Å²) in [5.74, 6) is -0.901. The van der Waals surface area contributed by atoms with Gasteiger partial charge in [0.05, 0.1) is 5.69 Å². The summed E-state index contributed by atoms with van der Waals surface area (Å²) < 4.78 is 39.8. The van der Waals surface area contributed by atoms with E-state index in [-0.39, 0.29) is 0 Å². The van der Waals surface area contributed by atoms with Crippen molar-refractivity contribution in [1.29, 1.82) is 0 Å². The molecule has 0 atom stereocenters. The molecule has 4 nitrogen and oxygen atoms in total. The van der Waals surface area contributed by atoms with E-state index in [9.17, 15) is 12.8 Å². The minimum absolute atomic E-state index is 0.328. The molecule has 0 fully saturated rings. The van der Waals surface area contributed by atoms with Crippen molar-refractivity contribution in [2.24, 2.45) is 0 Å².